The van der Waals surface area contributed by atoms with E-state index in [-0.39, 0.29) is 29.6 Å². The maximum atomic E-state index is 12.5. The van der Waals surface area contributed by atoms with E-state index in [2.05, 4.69) is 15.5 Å². The minimum atomic E-state index is -2.98. The van der Waals surface area contributed by atoms with Crippen LogP contribution in [0.4, 0.5) is 4.79 Å². The van der Waals surface area contributed by atoms with Gasteiger partial charge in [0.05, 0.1) is 23.7 Å². The van der Waals surface area contributed by atoms with Crippen LogP contribution in [-0.2, 0) is 9.84 Å². The molecule has 0 spiro atoms. The lowest BCUT2D eigenvalue weighted by Gasteiger charge is -2.35. The highest BCUT2D eigenvalue weighted by atomic mass is 32.2. The van der Waals surface area contributed by atoms with Crippen molar-refractivity contribution in [1.29, 1.82) is 0 Å². The Morgan fingerprint density at radius 2 is 2.24 bits per heavy atom. The number of H-pyrrole nitrogens is 1. The number of aromatic amines is 1. The first-order valence-electron chi connectivity index (χ1n) is 7.31. The summed E-state index contributed by atoms with van der Waals surface area (Å²) in [7, 11) is -2.98. The van der Waals surface area contributed by atoms with Crippen LogP contribution in [0.3, 0.4) is 0 Å². The fraction of sp³-hybridized carbons (Fsp3) is 0.692. The lowest BCUT2D eigenvalue weighted by Crippen LogP contribution is -2.48. The number of nitrogens with zero attached hydrogens (tertiary/aromatic N) is 2. The number of hydrogen-bond acceptors (Lipinski definition) is 4. The van der Waals surface area contributed by atoms with Gasteiger partial charge < -0.3 is 10.2 Å². The lowest BCUT2D eigenvalue weighted by molar-refractivity contribution is 0.149. The van der Waals surface area contributed by atoms with Gasteiger partial charge in [0.15, 0.2) is 9.84 Å². The van der Waals surface area contributed by atoms with E-state index in [9.17, 15) is 13.2 Å². The Morgan fingerprint density at radius 1 is 1.38 bits per heavy atom. The summed E-state index contributed by atoms with van der Waals surface area (Å²) in [6, 6.07) is -0.395. The van der Waals surface area contributed by atoms with Crippen molar-refractivity contribution in [1.82, 2.24) is 20.4 Å². The molecular weight excluding hydrogens is 292 g/mol. The Balaban J connectivity index is 1.67. The number of nitrogens with one attached hydrogen (secondary N) is 2. The molecule has 3 rings (SSSR count). The van der Waals surface area contributed by atoms with Crippen molar-refractivity contribution in [3.8, 4) is 0 Å². The molecule has 3 heterocycles. The molecule has 2 amide bonds. The van der Waals surface area contributed by atoms with Gasteiger partial charge in [0.2, 0.25) is 0 Å². The molecule has 2 fully saturated rings. The number of sulfone groups is 1. The van der Waals surface area contributed by atoms with Gasteiger partial charge in [-0.3, -0.25) is 5.10 Å². The van der Waals surface area contributed by atoms with Crippen LogP contribution in [0.1, 0.15) is 37.3 Å². The van der Waals surface area contributed by atoms with Crippen molar-refractivity contribution < 1.29 is 13.2 Å². The maximum absolute atomic E-state index is 12.5. The van der Waals surface area contributed by atoms with Crippen LogP contribution in [-0.4, -0.2) is 53.6 Å². The van der Waals surface area contributed by atoms with Crippen molar-refractivity contribution in [3.05, 3.63) is 18.0 Å². The number of aromatic nitrogens is 2. The summed E-state index contributed by atoms with van der Waals surface area (Å²) >= 11 is 0. The predicted octanol–water partition coefficient (Wildman–Crippen LogP) is 0.833. The monoisotopic (exact) mass is 312 g/mol. The molecule has 0 saturated carbocycles. The second kappa shape index (κ2) is 5.67. The van der Waals surface area contributed by atoms with E-state index in [4.69, 9.17) is 0 Å². The standard InChI is InChI=1S/C13H20N4O3S/c18-13(16-11-4-6-21(19,20)9-11)17-5-2-1-3-12(17)10-7-14-15-8-10/h7-8,11-12H,1-6,9H2,(H,14,15)(H,16,18)/t11-,12-/m0/s1. The number of amides is 2. The van der Waals surface area contributed by atoms with E-state index in [0.717, 1.165) is 24.8 Å². The molecule has 21 heavy (non-hydrogen) atoms. The number of rotatable bonds is 2. The van der Waals surface area contributed by atoms with E-state index in [1.54, 1.807) is 11.1 Å². The average Bonchev–Trinajstić information content (AvgIpc) is 3.08. The molecule has 2 aliphatic rings. The second-order valence-electron chi connectivity index (χ2n) is 5.79. The fourth-order valence-corrected chi connectivity index (χ4v) is 4.80. The SMILES string of the molecule is O=C(N[C@H]1CCS(=O)(=O)C1)N1CCCC[C@H]1c1cn[nH]c1. The van der Waals surface area contributed by atoms with Gasteiger partial charge in [-0.25, -0.2) is 13.2 Å². The van der Waals surface area contributed by atoms with Gasteiger partial charge in [0.1, 0.15) is 0 Å². The zero-order chi connectivity index (χ0) is 14.9. The van der Waals surface area contributed by atoms with Crippen molar-refractivity contribution in [2.75, 3.05) is 18.1 Å². The average molecular weight is 312 g/mol. The van der Waals surface area contributed by atoms with Crippen molar-refractivity contribution in [2.24, 2.45) is 0 Å². The summed E-state index contributed by atoms with van der Waals surface area (Å²) in [5.74, 6) is 0.228. The summed E-state index contributed by atoms with van der Waals surface area (Å²) in [5.41, 5.74) is 1.00. The molecule has 2 aliphatic heterocycles. The third-order valence-corrected chi connectivity index (χ3v) is 6.00. The van der Waals surface area contributed by atoms with Crippen LogP contribution in [0.25, 0.3) is 0 Å². The zero-order valence-corrected chi connectivity index (χ0v) is 12.6. The summed E-state index contributed by atoms with van der Waals surface area (Å²) in [5, 5.41) is 9.61. The normalized spacial score (nSPS) is 28.5. The second-order valence-corrected chi connectivity index (χ2v) is 8.01. The first-order chi connectivity index (χ1) is 10.1. The van der Waals surface area contributed by atoms with E-state index in [0.29, 0.717) is 13.0 Å². The quantitative estimate of drug-likeness (QED) is 0.845. The first kappa shape index (κ1) is 14.4. The number of carbonyl (C=O) groups is 1. The number of piperidine rings is 1. The number of urea groups is 1. The maximum Gasteiger partial charge on any atom is 0.318 e. The lowest BCUT2D eigenvalue weighted by atomic mass is 9.98. The van der Waals surface area contributed by atoms with E-state index in [1.807, 2.05) is 6.20 Å². The van der Waals surface area contributed by atoms with Crippen LogP contribution in [0.5, 0.6) is 0 Å². The Bertz CT molecular complexity index is 599. The molecule has 2 saturated heterocycles. The highest BCUT2D eigenvalue weighted by Crippen LogP contribution is 2.30. The van der Waals surface area contributed by atoms with Gasteiger partial charge in [-0.05, 0) is 25.7 Å². The van der Waals surface area contributed by atoms with Gasteiger partial charge in [-0.2, -0.15) is 5.10 Å². The Labute approximate surface area is 124 Å². The topological polar surface area (TPSA) is 95.2 Å². The molecule has 2 N–H and O–H groups in total. The number of hydrogen-bond donors (Lipinski definition) is 2. The van der Waals surface area contributed by atoms with E-state index < -0.39 is 9.84 Å². The predicted molar refractivity (Wildman–Crippen MR) is 77.5 cm³/mol. The molecule has 0 bridgehead atoms. The summed E-state index contributed by atoms with van der Waals surface area (Å²) in [4.78, 5) is 14.3. The van der Waals surface area contributed by atoms with Crippen LogP contribution < -0.4 is 5.32 Å². The highest BCUT2D eigenvalue weighted by Gasteiger charge is 2.33. The van der Waals surface area contributed by atoms with E-state index in [1.165, 1.54) is 0 Å². The van der Waals surface area contributed by atoms with Crippen LogP contribution in [0.2, 0.25) is 0 Å². The molecule has 116 valence electrons. The first-order valence-corrected chi connectivity index (χ1v) is 9.13. The Kier molecular flexibility index (Phi) is 3.88. The fourth-order valence-electron chi connectivity index (χ4n) is 3.13. The summed E-state index contributed by atoms with van der Waals surface area (Å²) < 4.78 is 22.9. The van der Waals surface area contributed by atoms with Gasteiger partial charge in [-0.15, -0.1) is 0 Å². The number of carbonyl (C=O) groups excluding carboxylic acids is 1. The van der Waals surface area contributed by atoms with Crippen LogP contribution >= 0.6 is 0 Å². The van der Waals surface area contributed by atoms with Crippen molar-refractivity contribution >= 4 is 15.9 Å². The molecular formula is C13H20N4O3S. The molecule has 7 nitrogen and oxygen atoms in total. The Morgan fingerprint density at radius 3 is 2.90 bits per heavy atom. The van der Waals surface area contributed by atoms with Crippen LogP contribution in [0.15, 0.2) is 12.4 Å². The summed E-state index contributed by atoms with van der Waals surface area (Å²) in [6.07, 6.45) is 7.04. The third-order valence-electron chi connectivity index (χ3n) is 4.23. The van der Waals surface area contributed by atoms with Crippen LogP contribution in [0, 0.1) is 0 Å². The molecule has 2 atom stereocenters. The van der Waals surface area contributed by atoms with Gasteiger partial charge in [0, 0.05) is 24.3 Å². The summed E-state index contributed by atoms with van der Waals surface area (Å²) in [6.45, 7) is 0.696. The highest BCUT2D eigenvalue weighted by molar-refractivity contribution is 7.91. The molecule has 0 radical (unpaired) electrons. The largest absolute Gasteiger partial charge is 0.334 e. The minimum absolute atomic E-state index is 0.0236. The van der Waals surface area contributed by atoms with E-state index >= 15 is 0 Å². The van der Waals surface area contributed by atoms with Gasteiger partial charge in [-0.1, -0.05) is 0 Å². The van der Waals surface area contributed by atoms with Gasteiger partial charge >= 0.3 is 6.03 Å². The molecule has 0 unspecified atom stereocenters. The van der Waals surface area contributed by atoms with Gasteiger partial charge in [0.25, 0.3) is 0 Å². The number of likely N-dealkylation sites (tertiary alicyclic amines) is 1. The van der Waals surface area contributed by atoms with Crippen molar-refractivity contribution in [3.63, 3.8) is 0 Å². The molecule has 8 heteroatoms. The molecule has 0 aliphatic carbocycles. The third kappa shape index (κ3) is 3.20. The van der Waals surface area contributed by atoms with Crippen molar-refractivity contribution in [2.45, 2.75) is 37.8 Å². The minimum Gasteiger partial charge on any atom is -0.334 e. The molecule has 0 aromatic carbocycles. The zero-order valence-electron chi connectivity index (χ0n) is 11.8. The Hall–Kier alpha value is -1.57. The smallest absolute Gasteiger partial charge is 0.318 e. The molecule has 1 aromatic rings. The molecule has 1 aromatic heterocycles.